The van der Waals surface area contributed by atoms with Crippen LogP contribution in [-0.2, 0) is 9.59 Å². The molecule has 28 heavy (non-hydrogen) atoms. The molecule has 4 rings (SSSR count). The van der Waals surface area contributed by atoms with Crippen LogP contribution in [-0.4, -0.2) is 58.5 Å². The molecule has 2 aliphatic heterocycles. The zero-order valence-corrected chi connectivity index (χ0v) is 15.3. The topological polar surface area (TPSA) is 60.9 Å². The number of para-hydroxylation sites is 1. The molecule has 1 atom stereocenters. The highest BCUT2D eigenvalue weighted by atomic mass is 19.4. The molecule has 1 aromatic rings. The maximum Gasteiger partial charge on any atom is 0.406 e. The fourth-order valence-electron chi connectivity index (χ4n) is 4.17. The summed E-state index contributed by atoms with van der Waals surface area (Å²) in [6, 6.07) is 6.18. The van der Waals surface area contributed by atoms with Gasteiger partial charge in [0.05, 0.1) is 11.3 Å². The molecule has 0 bridgehead atoms. The summed E-state index contributed by atoms with van der Waals surface area (Å²) in [7, 11) is 0. The molecule has 3 amide bonds. The van der Waals surface area contributed by atoms with E-state index in [0.29, 0.717) is 24.9 Å². The van der Waals surface area contributed by atoms with Gasteiger partial charge in [0, 0.05) is 12.5 Å². The van der Waals surface area contributed by atoms with Crippen LogP contribution in [0.4, 0.5) is 18.9 Å². The molecule has 1 saturated heterocycles. The van der Waals surface area contributed by atoms with E-state index in [1.54, 1.807) is 31.2 Å². The van der Waals surface area contributed by atoms with Crippen molar-refractivity contribution in [2.24, 2.45) is 0 Å². The summed E-state index contributed by atoms with van der Waals surface area (Å²) in [5.41, 5.74) is -0.307. The second kappa shape index (κ2) is 6.22. The van der Waals surface area contributed by atoms with Crippen LogP contribution in [0.2, 0.25) is 0 Å². The third-order valence-electron chi connectivity index (χ3n) is 5.70. The number of nitrogens with zero attached hydrogens (tertiary/aromatic N) is 3. The second-order valence-electron chi connectivity index (χ2n) is 7.72. The minimum atomic E-state index is -4.50. The Morgan fingerprint density at radius 2 is 1.93 bits per heavy atom. The number of fused-ring (bicyclic) bond motifs is 3. The number of amides is 3. The Bertz CT molecular complexity index is 852. The van der Waals surface area contributed by atoms with Crippen molar-refractivity contribution >= 4 is 23.4 Å². The van der Waals surface area contributed by atoms with E-state index in [9.17, 15) is 27.6 Å². The molecule has 1 aromatic carbocycles. The predicted molar refractivity (Wildman–Crippen MR) is 93.4 cm³/mol. The summed E-state index contributed by atoms with van der Waals surface area (Å²) in [5.74, 6) is -1.36. The van der Waals surface area contributed by atoms with Crippen LogP contribution >= 0.6 is 0 Å². The van der Waals surface area contributed by atoms with Gasteiger partial charge in [0.2, 0.25) is 11.8 Å². The van der Waals surface area contributed by atoms with E-state index < -0.39 is 42.8 Å². The van der Waals surface area contributed by atoms with Crippen LogP contribution in [0, 0.1) is 0 Å². The Balaban J connectivity index is 1.66. The molecule has 6 nitrogen and oxygen atoms in total. The fourth-order valence-corrected chi connectivity index (χ4v) is 4.17. The number of carbonyl (C=O) groups is 3. The van der Waals surface area contributed by atoms with Gasteiger partial charge < -0.3 is 9.80 Å². The summed E-state index contributed by atoms with van der Waals surface area (Å²) in [5, 5.41) is 0. The van der Waals surface area contributed by atoms with Crippen molar-refractivity contribution in [3.8, 4) is 0 Å². The summed E-state index contributed by atoms with van der Waals surface area (Å²) < 4.78 is 38.8. The lowest BCUT2D eigenvalue weighted by Gasteiger charge is -2.48. The maximum absolute atomic E-state index is 13.1. The van der Waals surface area contributed by atoms with Crippen LogP contribution in [0.25, 0.3) is 0 Å². The zero-order valence-electron chi connectivity index (χ0n) is 15.3. The van der Waals surface area contributed by atoms with Crippen molar-refractivity contribution in [2.45, 2.75) is 50.5 Å². The van der Waals surface area contributed by atoms with Gasteiger partial charge in [0.15, 0.2) is 0 Å². The van der Waals surface area contributed by atoms with Gasteiger partial charge in [-0.2, -0.15) is 13.2 Å². The summed E-state index contributed by atoms with van der Waals surface area (Å²) >= 11 is 0. The van der Waals surface area contributed by atoms with Crippen LogP contribution in [0.3, 0.4) is 0 Å². The maximum atomic E-state index is 13.1. The number of carbonyl (C=O) groups excluding carboxylic acids is 3. The van der Waals surface area contributed by atoms with Gasteiger partial charge >= 0.3 is 6.18 Å². The zero-order chi connectivity index (χ0) is 20.3. The number of hydrogen-bond donors (Lipinski definition) is 0. The molecule has 1 aliphatic carbocycles. The van der Waals surface area contributed by atoms with Crippen molar-refractivity contribution < 1.29 is 27.6 Å². The van der Waals surface area contributed by atoms with Crippen molar-refractivity contribution in [1.82, 2.24) is 9.80 Å². The molecule has 1 saturated carbocycles. The lowest BCUT2D eigenvalue weighted by Crippen LogP contribution is -2.64. The molecule has 3 aliphatic rings. The van der Waals surface area contributed by atoms with Crippen LogP contribution in [0.1, 0.15) is 43.0 Å². The molecular weight excluding hydrogens is 375 g/mol. The lowest BCUT2D eigenvalue weighted by molar-refractivity contribution is -0.163. The van der Waals surface area contributed by atoms with Crippen molar-refractivity contribution in [1.29, 1.82) is 0 Å². The van der Waals surface area contributed by atoms with Gasteiger partial charge in [-0.05, 0) is 38.3 Å². The molecule has 0 spiro atoms. The Labute approximate surface area is 159 Å². The SMILES string of the molecule is CC12CCC(=O)N1c1ccccc1C(=O)N2CC(=O)N(CC(F)(F)F)C1CC1. The first-order chi connectivity index (χ1) is 13.1. The largest absolute Gasteiger partial charge is 0.406 e. The Hall–Kier alpha value is -2.58. The van der Waals surface area contributed by atoms with E-state index in [4.69, 9.17) is 0 Å². The molecule has 1 unspecified atom stereocenters. The lowest BCUT2D eigenvalue weighted by atomic mass is 9.98. The number of anilines is 1. The first kappa shape index (κ1) is 18.8. The average molecular weight is 395 g/mol. The summed E-state index contributed by atoms with van der Waals surface area (Å²) in [4.78, 5) is 41.9. The van der Waals surface area contributed by atoms with Gasteiger partial charge in [-0.1, -0.05) is 12.1 Å². The van der Waals surface area contributed by atoms with Crippen molar-refractivity contribution in [3.63, 3.8) is 0 Å². The second-order valence-corrected chi connectivity index (χ2v) is 7.72. The third-order valence-corrected chi connectivity index (χ3v) is 5.70. The third kappa shape index (κ3) is 3.02. The molecule has 2 fully saturated rings. The quantitative estimate of drug-likeness (QED) is 0.787. The van der Waals surface area contributed by atoms with E-state index >= 15 is 0 Å². The van der Waals surface area contributed by atoms with E-state index in [1.807, 2.05) is 0 Å². The highest BCUT2D eigenvalue weighted by Gasteiger charge is 2.54. The monoisotopic (exact) mass is 395 g/mol. The summed E-state index contributed by atoms with van der Waals surface area (Å²) in [6.07, 6.45) is -2.92. The molecule has 0 aromatic heterocycles. The number of halogens is 3. The Kier molecular flexibility index (Phi) is 4.17. The van der Waals surface area contributed by atoms with Crippen molar-refractivity contribution in [3.05, 3.63) is 29.8 Å². The Morgan fingerprint density at radius 3 is 2.57 bits per heavy atom. The number of benzene rings is 1. The van der Waals surface area contributed by atoms with Crippen molar-refractivity contribution in [2.75, 3.05) is 18.0 Å². The van der Waals surface area contributed by atoms with Gasteiger partial charge in [-0.15, -0.1) is 0 Å². The van der Waals surface area contributed by atoms with Gasteiger partial charge in [-0.3, -0.25) is 19.3 Å². The van der Waals surface area contributed by atoms with Gasteiger partial charge in [0.1, 0.15) is 18.8 Å². The van der Waals surface area contributed by atoms with Gasteiger partial charge in [-0.25, -0.2) is 0 Å². The first-order valence-electron chi connectivity index (χ1n) is 9.22. The highest BCUT2D eigenvalue weighted by molar-refractivity contribution is 6.11. The van der Waals surface area contributed by atoms with E-state index in [-0.39, 0.29) is 17.9 Å². The van der Waals surface area contributed by atoms with E-state index in [2.05, 4.69) is 0 Å². The molecule has 9 heteroatoms. The number of rotatable bonds is 4. The normalized spacial score (nSPS) is 24.3. The minimum absolute atomic E-state index is 0.172. The molecule has 150 valence electrons. The molecule has 0 N–H and O–H groups in total. The average Bonchev–Trinajstić information content (AvgIpc) is 3.41. The minimum Gasteiger partial charge on any atom is -0.329 e. The molecule has 2 heterocycles. The van der Waals surface area contributed by atoms with Crippen LogP contribution in [0.15, 0.2) is 24.3 Å². The number of hydrogen-bond acceptors (Lipinski definition) is 3. The highest BCUT2D eigenvalue weighted by Crippen LogP contribution is 2.44. The Morgan fingerprint density at radius 1 is 1.25 bits per heavy atom. The van der Waals surface area contributed by atoms with E-state index in [0.717, 1.165) is 4.90 Å². The molecular formula is C19H20F3N3O3. The van der Waals surface area contributed by atoms with Crippen LogP contribution in [0.5, 0.6) is 0 Å². The van der Waals surface area contributed by atoms with Gasteiger partial charge in [0.25, 0.3) is 5.91 Å². The fraction of sp³-hybridized carbons (Fsp3) is 0.526. The number of alkyl halides is 3. The molecule has 0 radical (unpaired) electrons. The standard InChI is InChI=1S/C19H20F3N3O3/c1-18-9-8-15(26)25(18)14-5-3-2-4-13(14)17(28)24(18)10-16(27)23(12-6-7-12)11-19(20,21)22/h2-5,12H,6-11H2,1H3. The first-order valence-corrected chi connectivity index (χ1v) is 9.22. The van der Waals surface area contributed by atoms with E-state index in [1.165, 1.54) is 9.80 Å². The smallest absolute Gasteiger partial charge is 0.329 e. The predicted octanol–water partition coefficient (Wildman–Crippen LogP) is 2.54. The van der Waals surface area contributed by atoms with Crippen LogP contribution < -0.4 is 4.90 Å². The summed E-state index contributed by atoms with van der Waals surface area (Å²) in [6.45, 7) is -0.126.